The maximum Gasteiger partial charge on any atom is 0.0216 e. The summed E-state index contributed by atoms with van der Waals surface area (Å²) in [5, 5.41) is 3.43. The Morgan fingerprint density at radius 3 is 3.17 bits per heavy atom. The first kappa shape index (κ1) is 8.27. The lowest BCUT2D eigenvalue weighted by atomic mass is 10.0. The summed E-state index contributed by atoms with van der Waals surface area (Å²) in [7, 11) is 0. The first-order valence-electron chi connectivity index (χ1n) is 4.63. The lowest BCUT2D eigenvalue weighted by molar-refractivity contribution is 0.581. The summed E-state index contributed by atoms with van der Waals surface area (Å²) in [5.41, 5.74) is 1.54. The van der Waals surface area contributed by atoms with E-state index in [9.17, 15) is 0 Å². The van der Waals surface area contributed by atoms with Gasteiger partial charge in [0.25, 0.3) is 0 Å². The minimum atomic E-state index is 0.721. The molecular formula is C10H15NS. The molecule has 2 heteroatoms. The Kier molecular flexibility index (Phi) is 2.20. The summed E-state index contributed by atoms with van der Waals surface area (Å²) in [6.07, 6.45) is 1.18. The van der Waals surface area contributed by atoms with Gasteiger partial charge in [0.1, 0.15) is 0 Å². The summed E-state index contributed by atoms with van der Waals surface area (Å²) < 4.78 is 0. The van der Waals surface area contributed by atoms with Crippen LogP contribution in [0.3, 0.4) is 0 Å². The average Bonchev–Trinajstić information content (AvgIpc) is 2.49. The molecule has 0 fully saturated rings. The van der Waals surface area contributed by atoms with E-state index in [0.29, 0.717) is 0 Å². The molecule has 2 rings (SSSR count). The monoisotopic (exact) mass is 181 g/mol. The molecule has 1 unspecified atom stereocenters. The summed E-state index contributed by atoms with van der Waals surface area (Å²) in [6, 6.07) is 2.36. The third-order valence-corrected chi connectivity index (χ3v) is 4.01. The number of fused-ring (bicyclic) bond motifs is 1. The molecule has 0 aliphatic carbocycles. The van der Waals surface area contributed by atoms with Gasteiger partial charge in [-0.2, -0.15) is 0 Å². The number of hydrogen-bond acceptors (Lipinski definition) is 2. The van der Waals surface area contributed by atoms with E-state index < -0.39 is 0 Å². The highest BCUT2D eigenvalue weighted by molar-refractivity contribution is 7.12. The molecule has 1 N–H and O–H groups in total. The summed E-state index contributed by atoms with van der Waals surface area (Å²) in [5.74, 6) is 0.721. The van der Waals surface area contributed by atoms with E-state index in [4.69, 9.17) is 0 Å². The zero-order valence-corrected chi connectivity index (χ0v) is 8.50. The molecule has 0 bridgehead atoms. The molecule has 0 saturated carbocycles. The molecule has 2 heterocycles. The molecule has 0 radical (unpaired) electrons. The Balaban J connectivity index is 2.37. The van der Waals surface area contributed by atoms with Crippen LogP contribution in [0.15, 0.2) is 6.07 Å². The number of rotatable bonds is 1. The van der Waals surface area contributed by atoms with Crippen LogP contribution in [0.5, 0.6) is 0 Å². The maximum absolute atomic E-state index is 3.43. The van der Waals surface area contributed by atoms with Crippen LogP contribution in [0.1, 0.15) is 35.1 Å². The number of hydrogen-bond donors (Lipinski definition) is 1. The maximum atomic E-state index is 3.43. The number of aryl methyl sites for hydroxylation is 1. The van der Waals surface area contributed by atoms with Crippen LogP contribution in [-0.4, -0.2) is 6.54 Å². The van der Waals surface area contributed by atoms with Crippen LogP contribution >= 0.6 is 11.3 Å². The third kappa shape index (κ3) is 1.29. The van der Waals surface area contributed by atoms with Crippen molar-refractivity contribution in [2.45, 2.75) is 32.7 Å². The second-order valence-corrected chi connectivity index (χ2v) is 4.66. The first-order valence-corrected chi connectivity index (χ1v) is 5.45. The standard InChI is InChI=1S/C10H15NS/c1-3-9-4-8-6-11-5-7(2)10(8)12-9/h4,7,11H,3,5-6H2,1-2H3. The molecule has 66 valence electrons. The minimum absolute atomic E-state index is 0.721. The Bertz CT molecular complexity index is 277. The highest BCUT2D eigenvalue weighted by Crippen LogP contribution is 2.31. The predicted octanol–water partition coefficient (Wildman–Crippen LogP) is 2.52. The van der Waals surface area contributed by atoms with Gasteiger partial charge in [-0.3, -0.25) is 0 Å². The Morgan fingerprint density at radius 1 is 1.67 bits per heavy atom. The Hall–Kier alpha value is -0.340. The van der Waals surface area contributed by atoms with Crippen LogP contribution in [0.25, 0.3) is 0 Å². The number of nitrogens with one attached hydrogen (secondary N) is 1. The molecule has 0 spiro atoms. The van der Waals surface area contributed by atoms with Crippen molar-refractivity contribution in [3.05, 3.63) is 21.4 Å². The fourth-order valence-electron chi connectivity index (χ4n) is 1.75. The van der Waals surface area contributed by atoms with Crippen molar-refractivity contribution < 1.29 is 0 Å². The highest BCUT2D eigenvalue weighted by atomic mass is 32.1. The number of thiophene rings is 1. The normalized spacial score (nSPS) is 22.3. The molecule has 1 aliphatic heterocycles. The van der Waals surface area contributed by atoms with Crippen molar-refractivity contribution in [2.24, 2.45) is 0 Å². The van der Waals surface area contributed by atoms with E-state index >= 15 is 0 Å². The van der Waals surface area contributed by atoms with Crippen molar-refractivity contribution in [2.75, 3.05) is 6.54 Å². The van der Waals surface area contributed by atoms with Crippen molar-refractivity contribution in [3.8, 4) is 0 Å². The summed E-state index contributed by atoms with van der Waals surface area (Å²) in [4.78, 5) is 3.15. The van der Waals surface area contributed by atoms with E-state index in [1.165, 1.54) is 16.9 Å². The van der Waals surface area contributed by atoms with E-state index in [1.54, 1.807) is 4.88 Å². The minimum Gasteiger partial charge on any atom is -0.312 e. The van der Waals surface area contributed by atoms with Gasteiger partial charge in [-0.25, -0.2) is 0 Å². The van der Waals surface area contributed by atoms with Gasteiger partial charge < -0.3 is 5.32 Å². The molecule has 0 amide bonds. The van der Waals surface area contributed by atoms with Crippen LogP contribution < -0.4 is 5.32 Å². The molecule has 0 saturated heterocycles. The largest absolute Gasteiger partial charge is 0.312 e. The second-order valence-electron chi connectivity index (χ2n) is 3.49. The molecule has 12 heavy (non-hydrogen) atoms. The second kappa shape index (κ2) is 3.19. The average molecular weight is 181 g/mol. The fourth-order valence-corrected chi connectivity index (χ4v) is 2.92. The van der Waals surface area contributed by atoms with Gasteiger partial charge in [0, 0.05) is 28.8 Å². The van der Waals surface area contributed by atoms with E-state index in [0.717, 1.165) is 19.0 Å². The van der Waals surface area contributed by atoms with Gasteiger partial charge in [0.05, 0.1) is 0 Å². The molecule has 1 aromatic rings. The first-order chi connectivity index (χ1) is 5.81. The zero-order chi connectivity index (χ0) is 8.55. The zero-order valence-electron chi connectivity index (χ0n) is 7.68. The molecule has 1 atom stereocenters. The molecule has 0 aromatic carbocycles. The lowest BCUT2D eigenvalue weighted by Crippen LogP contribution is -2.24. The van der Waals surface area contributed by atoms with Crippen LogP contribution in [0, 0.1) is 0 Å². The SMILES string of the molecule is CCc1cc2c(s1)C(C)CNC2. The van der Waals surface area contributed by atoms with Gasteiger partial charge in [0.2, 0.25) is 0 Å². The summed E-state index contributed by atoms with van der Waals surface area (Å²) >= 11 is 2.00. The van der Waals surface area contributed by atoms with E-state index in [-0.39, 0.29) is 0 Å². The Labute approximate surface area is 77.8 Å². The van der Waals surface area contributed by atoms with Crippen LogP contribution in [0.4, 0.5) is 0 Å². The van der Waals surface area contributed by atoms with Crippen molar-refractivity contribution in [1.82, 2.24) is 5.32 Å². The van der Waals surface area contributed by atoms with Crippen molar-refractivity contribution in [3.63, 3.8) is 0 Å². The molecular weight excluding hydrogens is 166 g/mol. The van der Waals surface area contributed by atoms with Gasteiger partial charge >= 0.3 is 0 Å². The molecule has 1 nitrogen and oxygen atoms in total. The third-order valence-electron chi connectivity index (χ3n) is 2.45. The quantitative estimate of drug-likeness (QED) is 0.702. The van der Waals surface area contributed by atoms with Gasteiger partial charge in [-0.05, 0) is 18.1 Å². The Morgan fingerprint density at radius 2 is 2.50 bits per heavy atom. The highest BCUT2D eigenvalue weighted by Gasteiger charge is 2.18. The molecule has 1 aromatic heterocycles. The lowest BCUT2D eigenvalue weighted by Gasteiger charge is -2.18. The van der Waals surface area contributed by atoms with E-state index in [2.05, 4.69) is 25.2 Å². The van der Waals surface area contributed by atoms with Crippen LogP contribution in [-0.2, 0) is 13.0 Å². The predicted molar refractivity (Wildman–Crippen MR) is 53.8 cm³/mol. The van der Waals surface area contributed by atoms with Gasteiger partial charge in [-0.15, -0.1) is 11.3 Å². The summed E-state index contributed by atoms with van der Waals surface area (Å²) in [6.45, 7) is 6.77. The fraction of sp³-hybridized carbons (Fsp3) is 0.600. The van der Waals surface area contributed by atoms with E-state index in [1.807, 2.05) is 11.3 Å². The van der Waals surface area contributed by atoms with Crippen molar-refractivity contribution in [1.29, 1.82) is 0 Å². The van der Waals surface area contributed by atoms with Gasteiger partial charge in [-0.1, -0.05) is 13.8 Å². The van der Waals surface area contributed by atoms with Crippen LogP contribution in [0.2, 0.25) is 0 Å². The molecule has 1 aliphatic rings. The topological polar surface area (TPSA) is 12.0 Å². The van der Waals surface area contributed by atoms with Crippen molar-refractivity contribution >= 4 is 11.3 Å². The van der Waals surface area contributed by atoms with Gasteiger partial charge in [0.15, 0.2) is 0 Å². The smallest absolute Gasteiger partial charge is 0.0216 e.